The van der Waals surface area contributed by atoms with Gasteiger partial charge in [-0.2, -0.15) is 0 Å². The van der Waals surface area contributed by atoms with E-state index in [1.54, 1.807) is 12.1 Å². The topological polar surface area (TPSA) is 87.7 Å². The number of imide groups is 1. The third-order valence-electron chi connectivity index (χ3n) is 5.46. The van der Waals surface area contributed by atoms with Crippen molar-refractivity contribution in [1.82, 2.24) is 15.5 Å². The first-order valence-electron chi connectivity index (χ1n) is 10.1. The van der Waals surface area contributed by atoms with E-state index in [2.05, 4.69) is 17.6 Å². The molecule has 2 atom stereocenters. The molecule has 0 aromatic heterocycles. The second-order valence-corrected chi connectivity index (χ2v) is 7.64. The first kappa shape index (κ1) is 20.2. The summed E-state index contributed by atoms with van der Waals surface area (Å²) in [6.45, 7) is 4.17. The van der Waals surface area contributed by atoms with Crippen LogP contribution in [0.15, 0.2) is 24.3 Å². The molecule has 0 bridgehead atoms. The molecule has 2 aliphatic heterocycles. The monoisotopic (exact) mass is 387 g/mol. The molecular formula is C21H29N3O4. The van der Waals surface area contributed by atoms with E-state index in [9.17, 15) is 14.4 Å². The lowest BCUT2D eigenvalue weighted by Gasteiger charge is -2.33. The Morgan fingerprint density at radius 2 is 2.07 bits per heavy atom. The molecule has 1 saturated heterocycles. The van der Waals surface area contributed by atoms with Crippen molar-refractivity contribution < 1.29 is 19.1 Å². The highest BCUT2D eigenvalue weighted by atomic mass is 16.5. The van der Waals surface area contributed by atoms with Crippen LogP contribution >= 0.6 is 0 Å². The molecular weight excluding hydrogens is 358 g/mol. The summed E-state index contributed by atoms with van der Waals surface area (Å²) in [6, 6.07) is 6.69. The highest BCUT2D eigenvalue weighted by Gasteiger charge is 2.55. The Hall–Kier alpha value is -2.57. The lowest BCUT2D eigenvalue weighted by molar-refractivity contribution is -0.136. The van der Waals surface area contributed by atoms with Crippen molar-refractivity contribution in [3.63, 3.8) is 0 Å². The summed E-state index contributed by atoms with van der Waals surface area (Å²) in [5.41, 5.74) is -0.496. The molecule has 2 aliphatic rings. The molecule has 28 heavy (non-hydrogen) atoms. The highest BCUT2D eigenvalue weighted by Crippen LogP contribution is 2.40. The molecule has 1 fully saturated rings. The molecule has 7 nitrogen and oxygen atoms in total. The summed E-state index contributed by atoms with van der Waals surface area (Å²) in [4.78, 5) is 39.0. The number of hydrogen-bond donors (Lipinski definition) is 2. The average Bonchev–Trinajstić information content (AvgIpc) is 2.90. The largest absolute Gasteiger partial charge is 0.493 e. The molecule has 2 N–H and O–H groups in total. The Kier molecular flexibility index (Phi) is 6.21. The minimum Gasteiger partial charge on any atom is -0.493 e. The van der Waals surface area contributed by atoms with Gasteiger partial charge in [0.1, 0.15) is 12.3 Å². The first-order chi connectivity index (χ1) is 13.5. The van der Waals surface area contributed by atoms with Gasteiger partial charge in [0.15, 0.2) is 5.54 Å². The van der Waals surface area contributed by atoms with Crippen molar-refractivity contribution >= 4 is 17.8 Å². The molecule has 3 rings (SSSR count). The van der Waals surface area contributed by atoms with Crippen LogP contribution in [-0.4, -0.2) is 41.9 Å². The van der Waals surface area contributed by atoms with Gasteiger partial charge in [-0.3, -0.25) is 14.5 Å². The summed E-state index contributed by atoms with van der Waals surface area (Å²) < 4.78 is 5.62. The Morgan fingerprint density at radius 1 is 1.29 bits per heavy atom. The van der Waals surface area contributed by atoms with Gasteiger partial charge in [-0.1, -0.05) is 50.8 Å². The standard InChI is InChI=1S/C21H29N3O4/c1-3-4-5-6-9-15(2)22-18(25)14-24-19(26)21(23-20(24)27)12-13-28-17-11-8-7-10-16(17)21/h7-8,10-11,15H,3-6,9,12-14H2,1-2H3,(H,22,25)(H,23,27). The number of amides is 4. The maximum absolute atomic E-state index is 13.1. The van der Waals surface area contributed by atoms with Gasteiger partial charge in [-0.15, -0.1) is 0 Å². The number of fused-ring (bicyclic) bond motifs is 2. The minimum absolute atomic E-state index is 0.0166. The fraction of sp³-hybridized carbons (Fsp3) is 0.571. The number of ether oxygens (including phenoxy) is 1. The summed E-state index contributed by atoms with van der Waals surface area (Å²) in [5.74, 6) is -0.114. The van der Waals surface area contributed by atoms with E-state index in [0.29, 0.717) is 24.3 Å². The summed E-state index contributed by atoms with van der Waals surface area (Å²) >= 11 is 0. The van der Waals surface area contributed by atoms with Crippen LogP contribution in [0.5, 0.6) is 5.75 Å². The number of unbranched alkanes of at least 4 members (excludes halogenated alkanes) is 3. The number of nitrogens with one attached hydrogen (secondary N) is 2. The summed E-state index contributed by atoms with van der Waals surface area (Å²) in [5, 5.41) is 5.71. The van der Waals surface area contributed by atoms with Gasteiger partial charge in [-0.05, 0) is 19.4 Å². The lowest BCUT2D eigenvalue weighted by Crippen LogP contribution is -2.48. The maximum Gasteiger partial charge on any atom is 0.325 e. The van der Waals surface area contributed by atoms with E-state index in [-0.39, 0.29) is 24.4 Å². The number of benzene rings is 1. The van der Waals surface area contributed by atoms with Crippen LogP contribution in [0.2, 0.25) is 0 Å². The quantitative estimate of drug-likeness (QED) is 0.530. The fourth-order valence-electron chi connectivity index (χ4n) is 3.93. The number of urea groups is 1. The van der Waals surface area contributed by atoms with E-state index in [4.69, 9.17) is 4.74 Å². The van der Waals surface area contributed by atoms with Gasteiger partial charge < -0.3 is 15.4 Å². The molecule has 1 aromatic rings. The number of para-hydroxylation sites is 1. The zero-order valence-electron chi connectivity index (χ0n) is 16.6. The normalized spacial score (nSPS) is 21.9. The van der Waals surface area contributed by atoms with Crippen LogP contribution in [0.3, 0.4) is 0 Å². The van der Waals surface area contributed by atoms with E-state index in [1.807, 2.05) is 19.1 Å². The van der Waals surface area contributed by atoms with Crippen molar-refractivity contribution in [3.05, 3.63) is 29.8 Å². The Morgan fingerprint density at radius 3 is 2.86 bits per heavy atom. The van der Waals surface area contributed by atoms with Crippen LogP contribution < -0.4 is 15.4 Å². The van der Waals surface area contributed by atoms with Crippen molar-refractivity contribution in [2.75, 3.05) is 13.2 Å². The van der Waals surface area contributed by atoms with Gasteiger partial charge in [0.25, 0.3) is 5.91 Å². The number of carbonyl (C=O) groups is 3. The molecule has 2 heterocycles. The van der Waals surface area contributed by atoms with Crippen molar-refractivity contribution in [2.24, 2.45) is 0 Å². The van der Waals surface area contributed by atoms with Crippen LogP contribution in [0.1, 0.15) is 57.9 Å². The Labute approximate surface area is 165 Å². The molecule has 1 aromatic carbocycles. The lowest BCUT2D eigenvalue weighted by atomic mass is 9.84. The first-order valence-corrected chi connectivity index (χ1v) is 10.1. The summed E-state index contributed by atoms with van der Waals surface area (Å²) in [7, 11) is 0. The van der Waals surface area contributed by atoms with Gasteiger partial charge in [-0.25, -0.2) is 4.79 Å². The van der Waals surface area contributed by atoms with Gasteiger partial charge in [0.2, 0.25) is 5.91 Å². The van der Waals surface area contributed by atoms with E-state index >= 15 is 0 Å². The van der Waals surface area contributed by atoms with Crippen molar-refractivity contribution in [2.45, 2.75) is 64.0 Å². The number of nitrogens with zero attached hydrogens (tertiary/aromatic N) is 1. The molecule has 1 spiro atoms. The second-order valence-electron chi connectivity index (χ2n) is 7.64. The van der Waals surface area contributed by atoms with Gasteiger partial charge >= 0.3 is 6.03 Å². The van der Waals surface area contributed by atoms with Crippen molar-refractivity contribution in [1.29, 1.82) is 0 Å². The third kappa shape index (κ3) is 3.98. The average molecular weight is 387 g/mol. The highest BCUT2D eigenvalue weighted by molar-refractivity contribution is 6.09. The Bertz CT molecular complexity index is 751. The number of rotatable bonds is 8. The van der Waals surface area contributed by atoms with Crippen LogP contribution in [-0.2, 0) is 15.1 Å². The second kappa shape index (κ2) is 8.63. The fourth-order valence-corrected chi connectivity index (χ4v) is 3.93. The van der Waals surface area contributed by atoms with Gasteiger partial charge in [0, 0.05) is 18.0 Å². The molecule has 2 unspecified atom stereocenters. The zero-order chi connectivity index (χ0) is 20.1. The van der Waals surface area contributed by atoms with Gasteiger partial charge in [0.05, 0.1) is 6.61 Å². The zero-order valence-corrected chi connectivity index (χ0v) is 16.6. The predicted octanol–water partition coefficient (Wildman–Crippen LogP) is 2.69. The van der Waals surface area contributed by atoms with Crippen molar-refractivity contribution in [3.8, 4) is 5.75 Å². The molecule has 0 radical (unpaired) electrons. The molecule has 7 heteroatoms. The van der Waals surface area contributed by atoms with E-state index < -0.39 is 11.6 Å². The maximum atomic E-state index is 13.1. The predicted molar refractivity (Wildman–Crippen MR) is 105 cm³/mol. The smallest absolute Gasteiger partial charge is 0.325 e. The van der Waals surface area contributed by atoms with E-state index in [0.717, 1.165) is 24.2 Å². The van der Waals surface area contributed by atoms with Crippen LogP contribution in [0, 0.1) is 0 Å². The third-order valence-corrected chi connectivity index (χ3v) is 5.46. The van der Waals surface area contributed by atoms with E-state index in [1.165, 1.54) is 12.8 Å². The molecule has 4 amide bonds. The number of hydrogen-bond acceptors (Lipinski definition) is 4. The molecule has 152 valence electrons. The summed E-state index contributed by atoms with van der Waals surface area (Å²) in [6.07, 6.45) is 5.80. The Balaban J connectivity index is 1.63. The SMILES string of the molecule is CCCCCCC(C)NC(=O)CN1C(=O)NC2(CCOc3ccccc32)C1=O. The molecule has 0 aliphatic carbocycles. The van der Waals surface area contributed by atoms with Crippen LogP contribution in [0.4, 0.5) is 4.79 Å². The van der Waals surface area contributed by atoms with Crippen LogP contribution in [0.25, 0.3) is 0 Å². The minimum atomic E-state index is -1.14. The molecule has 0 saturated carbocycles. The number of carbonyl (C=O) groups excluding carboxylic acids is 3.